The fraction of sp³-hybridized carbons (Fsp3) is 0.185. The van der Waals surface area contributed by atoms with E-state index < -0.39 is 0 Å². The SMILES string of the molecule is COc1cc(NC(=O)c2ccc(CN3C(=O)c4ccccc4C3=O)cc2)ccc1N1CCCC1=O. The summed E-state index contributed by atoms with van der Waals surface area (Å²) in [6.07, 6.45) is 1.33. The van der Waals surface area contributed by atoms with Crippen molar-refractivity contribution in [1.29, 1.82) is 0 Å². The summed E-state index contributed by atoms with van der Waals surface area (Å²) in [5, 5.41) is 2.84. The highest BCUT2D eigenvalue weighted by molar-refractivity contribution is 6.21. The zero-order valence-electron chi connectivity index (χ0n) is 19.1. The number of hydrogen-bond donors (Lipinski definition) is 1. The van der Waals surface area contributed by atoms with Gasteiger partial charge in [-0.2, -0.15) is 0 Å². The van der Waals surface area contributed by atoms with Gasteiger partial charge in [-0.15, -0.1) is 0 Å². The third-order valence-electron chi connectivity index (χ3n) is 6.24. The fourth-order valence-electron chi connectivity index (χ4n) is 4.41. The van der Waals surface area contributed by atoms with Gasteiger partial charge in [-0.1, -0.05) is 24.3 Å². The van der Waals surface area contributed by atoms with Crippen LogP contribution in [0, 0.1) is 0 Å². The van der Waals surface area contributed by atoms with E-state index in [1.165, 1.54) is 12.0 Å². The molecule has 35 heavy (non-hydrogen) atoms. The van der Waals surface area contributed by atoms with Crippen molar-refractivity contribution in [1.82, 2.24) is 4.90 Å². The second kappa shape index (κ2) is 9.06. The minimum Gasteiger partial charge on any atom is -0.494 e. The van der Waals surface area contributed by atoms with Gasteiger partial charge in [0.25, 0.3) is 17.7 Å². The molecule has 8 nitrogen and oxygen atoms in total. The first-order chi connectivity index (χ1) is 17.0. The lowest BCUT2D eigenvalue weighted by Gasteiger charge is -2.19. The number of amides is 4. The second-order valence-corrected chi connectivity index (χ2v) is 8.43. The molecule has 0 saturated carbocycles. The highest BCUT2D eigenvalue weighted by Crippen LogP contribution is 2.34. The molecule has 2 heterocycles. The van der Waals surface area contributed by atoms with E-state index in [9.17, 15) is 19.2 Å². The van der Waals surface area contributed by atoms with Gasteiger partial charge in [0.05, 0.1) is 30.5 Å². The Labute approximate surface area is 202 Å². The Bertz CT molecular complexity index is 1310. The number of methoxy groups -OCH3 is 1. The lowest BCUT2D eigenvalue weighted by Crippen LogP contribution is -2.29. The van der Waals surface area contributed by atoms with Crippen LogP contribution in [0.3, 0.4) is 0 Å². The summed E-state index contributed by atoms with van der Waals surface area (Å²) in [5.74, 6) is -0.388. The molecule has 1 saturated heterocycles. The third kappa shape index (κ3) is 4.14. The molecule has 4 amide bonds. The van der Waals surface area contributed by atoms with Crippen LogP contribution >= 0.6 is 0 Å². The summed E-state index contributed by atoms with van der Waals surface area (Å²) in [7, 11) is 1.53. The van der Waals surface area contributed by atoms with Crippen molar-refractivity contribution in [2.24, 2.45) is 0 Å². The summed E-state index contributed by atoms with van der Waals surface area (Å²) < 4.78 is 5.45. The zero-order chi connectivity index (χ0) is 24.5. The first-order valence-electron chi connectivity index (χ1n) is 11.3. The minimum atomic E-state index is -0.319. The Morgan fingerprint density at radius 3 is 2.23 bits per heavy atom. The molecule has 0 atom stereocenters. The van der Waals surface area contributed by atoms with Gasteiger partial charge in [0, 0.05) is 30.3 Å². The van der Waals surface area contributed by atoms with Gasteiger partial charge in [0.1, 0.15) is 5.75 Å². The molecule has 8 heteroatoms. The molecule has 2 aliphatic rings. The van der Waals surface area contributed by atoms with Crippen molar-refractivity contribution in [3.8, 4) is 5.75 Å². The predicted molar refractivity (Wildman–Crippen MR) is 130 cm³/mol. The number of fused-ring (bicyclic) bond motifs is 1. The van der Waals surface area contributed by atoms with E-state index in [0.29, 0.717) is 46.8 Å². The Balaban J connectivity index is 1.26. The Morgan fingerprint density at radius 1 is 0.943 bits per heavy atom. The van der Waals surface area contributed by atoms with Crippen LogP contribution in [0.1, 0.15) is 49.5 Å². The number of anilines is 2. The molecule has 0 unspecified atom stereocenters. The maximum Gasteiger partial charge on any atom is 0.261 e. The number of carbonyl (C=O) groups is 4. The molecule has 0 radical (unpaired) electrons. The molecule has 1 fully saturated rings. The number of imide groups is 1. The maximum absolute atomic E-state index is 12.8. The van der Waals surface area contributed by atoms with E-state index in [1.54, 1.807) is 71.6 Å². The van der Waals surface area contributed by atoms with E-state index in [4.69, 9.17) is 4.74 Å². The number of carbonyl (C=O) groups excluding carboxylic acids is 4. The number of nitrogens with one attached hydrogen (secondary N) is 1. The highest BCUT2D eigenvalue weighted by atomic mass is 16.5. The van der Waals surface area contributed by atoms with Crippen molar-refractivity contribution < 1.29 is 23.9 Å². The van der Waals surface area contributed by atoms with Crippen LogP contribution in [-0.4, -0.2) is 42.2 Å². The highest BCUT2D eigenvalue weighted by Gasteiger charge is 2.35. The lowest BCUT2D eigenvalue weighted by atomic mass is 10.1. The summed E-state index contributed by atoms with van der Waals surface area (Å²) in [5.41, 5.74) is 3.20. The van der Waals surface area contributed by atoms with Gasteiger partial charge in [-0.3, -0.25) is 24.1 Å². The minimum absolute atomic E-state index is 0.0568. The van der Waals surface area contributed by atoms with Gasteiger partial charge in [0.15, 0.2) is 0 Å². The third-order valence-corrected chi connectivity index (χ3v) is 6.24. The molecule has 1 N–H and O–H groups in total. The molecular weight excluding hydrogens is 446 g/mol. The number of ether oxygens (including phenoxy) is 1. The standard InChI is InChI=1S/C27H23N3O5/c1-35-23-15-19(12-13-22(23)29-14-4-7-24(29)31)28-25(32)18-10-8-17(9-11-18)16-30-26(33)20-5-2-3-6-21(20)27(30)34/h2-3,5-6,8-13,15H,4,7,14,16H2,1H3,(H,28,32). The van der Waals surface area contributed by atoms with Crippen LogP contribution in [0.25, 0.3) is 0 Å². The van der Waals surface area contributed by atoms with Gasteiger partial charge in [0.2, 0.25) is 5.91 Å². The van der Waals surface area contributed by atoms with Crippen LogP contribution in [0.2, 0.25) is 0 Å². The maximum atomic E-state index is 12.8. The number of hydrogen-bond acceptors (Lipinski definition) is 5. The Kier molecular flexibility index (Phi) is 5.78. The Hall–Kier alpha value is -4.46. The average Bonchev–Trinajstić information content (AvgIpc) is 3.41. The molecule has 5 rings (SSSR count). The zero-order valence-corrected chi connectivity index (χ0v) is 19.1. The van der Waals surface area contributed by atoms with Gasteiger partial charge in [-0.25, -0.2) is 0 Å². The molecule has 3 aromatic carbocycles. The Morgan fingerprint density at radius 2 is 1.63 bits per heavy atom. The summed E-state index contributed by atoms with van der Waals surface area (Å²) in [6, 6.07) is 18.7. The van der Waals surface area contributed by atoms with Crippen LogP contribution < -0.4 is 15.0 Å². The summed E-state index contributed by atoms with van der Waals surface area (Å²) in [4.78, 5) is 52.9. The molecule has 3 aromatic rings. The number of nitrogens with zero attached hydrogens (tertiary/aromatic N) is 2. The van der Waals surface area contributed by atoms with Crippen molar-refractivity contribution in [2.45, 2.75) is 19.4 Å². The first-order valence-corrected chi connectivity index (χ1v) is 11.3. The van der Waals surface area contributed by atoms with E-state index >= 15 is 0 Å². The van der Waals surface area contributed by atoms with Crippen molar-refractivity contribution >= 4 is 35.0 Å². The molecule has 0 bridgehead atoms. The molecule has 0 aromatic heterocycles. The number of benzene rings is 3. The number of rotatable bonds is 6. The van der Waals surface area contributed by atoms with Crippen LogP contribution in [-0.2, 0) is 11.3 Å². The quantitative estimate of drug-likeness (QED) is 0.553. The van der Waals surface area contributed by atoms with E-state index in [1.807, 2.05) is 0 Å². The lowest BCUT2D eigenvalue weighted by molar-refractivity contribution is -0.117. The van der Waals surface area contributed by atoms with Crippen molar-refractivity contribution in [3.63, 3.8) is 0 Å². The topological polar surface area (TPSA) is 96.0 Å². The van der Waals surface area contributed by atoms with Gasteiger partial charge in [-0.05, 0) is 48.4 Å². The largest absolute Gasteiger partial charge is 0.494 e. The van der Waals surface area contributed by atoms with Crippen molar-refractivity contribution in [2.75, 3.05) is 23.9 Å². The molecule has 0 spiro atoms. The van der Waals surface area contributed by atoms with E-state index in [-0.39, 0.29) is 30.2 Å². The predicted octanol–water partition coefficient (Wildman–Crippen LogP) is 3.87. The van der Waals surface area contributed by atoms with E-state index in [0.717, 1.165) is 12.0 Å². The smallest absolute Gasteiger partial charge is 0.261 e. The molecule has 2 aliphatic heterocycles. The normalized spacial score (nSPS) is 14.9. The van der Waals surface area contributed by atoms with E-state index in [2.05, 4.69) is 5.32 Å². The van der Waals surface area contributed by atoms with Crippen LogP contribution in [0.5, 0.6) is 5.75 Å². The van der Waals surface area contributed by atoms with Gasteiger partial charge >= 0.3 is 0 Å². The fourth-order valence-corrected chi connectivity index (χ4v) is 4.41. The van der Waals surface area contributed by atoms with Crippen LogP contribution in [0.4, 0.5) is 11.4 Å². The molecular formula is C27H23N3O5. The first kappa shape index (κ1) is 22.3. The molecule has 0 aliphatic carbocycles. The van der Waals surface area contributed by atoms with Crippen LogP contribution in [0.15, 0.2) is 66.7 Å². The average molecular weight is 469 g/mol. The monoisotopic (exact) mass is 469 g/mol. The van der Waals surface area contributed by atoms with Gasteiger partial charge < -0.3 is 15.0 Å². The summed E-state index contributed by atoms with van der Waals surface area (Å²) >= 11 is 0. The molecule has 176 valence electrons. The summed E-state index contributed by atoms with van der Waals surface area (Å²) in [6.45, 7) is 0.774. The van der Waals surface area contributed by atoms with Crippen molar-refractivity contribution in [3.05, 3.63) is 89.0 Å². The second-order valence-electron chi connectivity index (χ2n) is 8.43.